The van der Waals surface area contributed by atoms with Gasteiger partial charge >= 0.3 is 0 Å². The largest absolute Gasteiger partial charge is 0.486 e. The highest BCUT2D eigenvalue weighted by molar-refractivity contribution is 7.92. The Bertz CT molecular complexity index is 1230. The molecule has 10 heteroatoms. The average Bonchev–Trinajstić information content (AvgIpc) is 2.87. The van der Waals surface area contributed by atoms with E-state index < -0.39 is 16.1 Å². The normalized spacial score (nSPS) is 13.6. The van der Waals surface area contributed by atoms with Gasteiger partial charge in [0.05, 0.1) is 11.9 Å². The molecule has 2 amide bonds. The quantitative estimate of drug-likeness (QED) is 0.438. The maximum absolute atomic E-state index is 13.4. The van der Waals surface area contributed by atoms with Crippen molar-refractivity contribution < 1.29 is 27.5 Å². The minimum atomic E-state index is -3.61. The molecule has 208 valence electrons. The fraction of sp³-hybridized carbons (Fsp3) is 0.500. The fourth-order valence-corrected chi connectivity index (χ4v) is 5.15. The van der Waals surface area contributed by atoms with E-state index in [0.717, 1.165) is 17.4 Å². The number of hydrogen-bond donors (Lipinski definition) is 1. The molecule has 0 aliphatic carbocycles. The van der Waals surface area contributed by atoms with Gasteiger partial charge in [0.2, 0.25) is 21.8 Å². The van der Waals surface area contributed by atoms with Crippen LogP contribution in [-0.2, 0) is 26.2 Å². The lowest BCUT2D eigenvalue weighted by atomic mass is 10.1. The van der Waals surface area contributed by atoms with Gasteiger partial charge in [-0.2, -0.15) is 0 Å². The number of nitrogens with zero attached hydrogens (tertiary/aromatic N) is 2. The highest BCUT2D eigenvalue weighted by Crippen LogP contribution is 2.34. The first-order chi connectivity index (χ1) is 18.0. The molecule has 9 nitrogen and oxygen atoms in total. The van der Waals surface area contributed by atoms with Crippen LogP contribution >= 0.6 is 0 Å². The maximum Gasteiger partial charge on any atom is 0.242 e. The van der Waals surface area contributed by atoms with Crippen molar-refractivity contribution in [3.05, 3.63) is 53.6 Å². The molecule has 0 bridgehead atoms. The SMILES string of the molecule is Cc1ccccc1CN(C(=O)CCCN(c1ccc2c(c1)OCCO2)S(C)(=O)=O)C(C)C(=O)NCC(C)C. The van der Waals surface area contributed by atoms with E-state index in [1.54, 1.807) is 30.0 Å². The van der Waals surface area contributed by atoms with E-state index in [9.17, 15) is 18.0 Å². The Kier molecular flexibility index (Phi) is 10.0. The second-order valence-corrected chi connectivity index (χ2v) is 11.9. The molecule has 2 aromatic carbocycles. The van der Waals surface area contributed by atoms with Crippen LogP contribution in [0.5, 0.6) is 11.5 Å². The van der Waals surface area contributed by atoms with E-state index in [1.807, 2.05) is 45.0 Å². The molecule has 0 saturated heterocycles. The molecule has 0 spiro atoms. The molecule has 1 heterocycles. The molecule has 38 heavy (non-hydrogen) atoms. The van der Waals surface area contributed by atoms with Crippen molar-refractivity contribution in [3.8, 4) is 11.5 Å². The van der Waals surface area contributed by atoms with Gasteiger partial charge in [-0.25, -0.2) is 8.42 Å². The predicted molar refractivity (Wildman–Crippen MR) is 148 cm³/mol. The van der Waals surface area contributed by atoms with Crippen LogP contribution in [-0.4, -0.2) is 63.7 Å². The van der Waals surface area contributed by atoms with Crippen LogP contribution in [0.3, 0.4) is 0 Å². The first-order valence-corrected chi connectivity index (χ1v) is 14.8. The summed E-state index contributed by atoms with van der Waals surface area (Å²) in [5.74, 6) is 0.921. The Morgan fingerprint density at radius 3 is 2.37 bits per heavy atom. The lowest BCUT2D eigenvalue weighted by Crippen LogP contribution is -2.48. The second-order valence-electron chi connectivity index (χ2n) is 10.0. The van der Waals surface area contributed by atoms with Crippen LogP contribution in [0.1, 0.15) is 44.7 Å². The van der Waals surface area contributed by atoms with Crippen LogP contribution in [0.25, 0.3) is 0 Å². The van der Waals surface area contributed by atoms with E-state index >= 15 is 0 Å². The zero-order chi connectivity index (χ0) is 27.9. The Hall–Kier alpha value is -3.27. The van der Waals surface area contributed by atoms with E-state index in [4.69, 9.17) is 9.47 Å². The van der Waals surface area contributed by atoms with E-state index in [0.29, 0.717) is 43.5 Å². The molecule has 0 saturated carbocycles. The number of fused-ring (bicyclic) bond motifs is 1. The lowest BCUT2D eigenvalue weighted by Gasteiger charge is -2.30. The number of rotatable bonds is 12. The third kappa shape index (κ3) is 7.86. The summed E-state index contributed by atoms with van der Waals surface area (Å²) in [7, 11) is -3.61. The summed E-state index contributed by atoms with van der Waals surface area (Å²) in [5.41, 5.74) is 2.43. The predicted octanol–water partition coefficient (Wildman–Crippen LogP) is 3.50. The van der Waals surface area contributed by atoms with E-state index in [-0.39, 0.29) is 37.1 Å². The highest BCUT2D eigenvalue weighted by atomic mass is 32.2. The average molecular weight is 546 g/mol. The van der Waals surface area contributed by atoms with Gasteiger partial charge in [-0.05, 0) is 49.4 Å². The maximum atomic E-state index is 13.4. The van der Waals surface area contributed by atoms with Crippen molar-refractivity contribution in [1.82, 2.24) is 10.2 Å². The summed E-state index contributed by atoms with van der Waals surface area (Å²) in [5, 5.41) is 2.92. The molecule has 1 atom stereocenters. The van der Waals surface area contributed by atoms with Crippen molar-refractivity contribution in [2.45, 2.75) is 53.1 Å². The number of nitrogens with one attached hydrogen (secondary N) is 1. The summed E-state index contributed by atoms with van der Waals surface area (Å²) in [6, 6.07) is 12.1. The first kappa shape index (κ1) is 29.3. The zero-order valence-corrected chi connectivity index (χ0v) is 23.7. The lowest BCUT2D eigenvalue weighted by molar-refractivity contribution is -0.140. The molecule has 1 N–H and O–H groups in total. The van der Waals surface area contributed by atoms with Crippen molar-refractivity contribution in [3.63, 3.8) is 0 Å². The van der Waals surface area contributed by atoms with Gasteiger partial charge in [0, 0.05) is 32.1 Å². The van der Waals surface area contributed by atoms with Crippen LogP contribution in [0.4, 0.5) is 5.69 Å². The van der Waals surface area contributed by atoms with Crippen LogP contribution < -0.4 is 19.1 Å². The molecule has 2 aromatic rings. The third-order valence-electron chi connectivity index (χ3n) is 6.42. The van der Waals surface area contributed by atoms with Crippen LogP contribution in [0.2, 0.25) is 0 Å². The molecule has 1 aliphatic heterocycles. The molecular weight excluding hydrogens is 506 g/mol. The number of amides is 2. The van der Waals surface area contributed by atoms with Gasteiger partial charge in [0.25, 0.3) is 0 Å². The minimum absolute atomic E-state index is 0.0876. The summed E-state index contributed by atoms with van der Waals surface area (Å²) in [4.78, 5) is 27.9. The minimum Gasteiger partial charge on any atom is -0.486 e. The number of carbonyl (C=O) groups is 2. The van der Waals surface area contributed by atoms with Gasteiger partial charge in [-0.3, -0.25) is 13.9 Å². The highest BCUT2D eigenvalue weighted by Gasteiger charge is 2.27. The third-order valence-corrected chi connectivity index (χ3v) is 7.61. The van der Waals surface area contributed by atoms with Gasteiger partial charge in [-0.15, -0.1) is 0 Å². The van der Waals surface area contributed by atoms with Crippen molar-refractivity contribution in [1.29, 1.82) is 0 Å². The monoisotopic (exact) mass is 545 g/mol. The van der Waals surface area contributed by atoms with Gasteiger partial charge < -0.3 is 19.7 Å². The van der Waals surface area contributed by atoms with Gasteiger partial charge in [-0.1, -0.05) is 38.1 Å². The number of hydrogen-bond acceptors (Lipinski definition) is 6. The topological polar surface area (TPSA) is 105 Å². The Labute approximate surface area is 226 Å². The number of ether oxygens (including phenoxy) is 2. The molecule has 1 aliphatic rings. The Balaban J connectivity index is 1.73. The molecule has 0 aromatic heterocycles. The Morgan fingerprint density at radius 2 is 1.71 bits per heavy atom. The van der Waals surface area contributed by atoms with Crippen LogP contribution in [0.15, 0.2) is 42.5 Å². The number of sulfonamides is 1. The summed E-state index contributed by atoms with van der Waals surface area (Å²) in [6.07, 6.45) is 1.51. The molecular formula is C28H39N3O6S. The molecule has 0 radical (unpaired) electrons. The number of aryl methyl sites for hydroxylation is 1. The molecule has 1 unspecified atom stereocenters. The summed E-state index contributed by atoms with van der Waals surface area (Å²) in [6.45, 7) is 9.47. The summed E-state index contributed by atoms with van der Waals surface area (Å²) >= 11 is 0. The van der Waals surface area contributed by atoms with Crippen LogP contribution in [0, 0.1) is 12.8 Å². The smallest absolute Gasteiger partial charge is 0.242 e. The van der Waals surface area contributed by atoms with Crippen molar-refractivity contribution in [2.24, 2.45) is 5.92 Å². The number of carbonyl (C=O) groups excluding carboxylic acids is 2. The standard InChI is InChI=1S/C28H39N3O6S/c1-20(2)18-29-28(33)22(4)30(19-23-10-7-6-9-21(23)3)27(32)11-8-14-31(38(5,34)35)24-12-13-25-26(17-24)37-16-15-36-25/h6-7,9-10,12-13,17,20,22H,8,11,14-16,18-19H2,1-5H3,(H,29,33). The molecule has 0 fully saturated rings. The zero-order valence-electron chi connectivity index (χ0n) is 22.9. The number of anilines is 1. The van der Waals surface area contributed by atoms with E-state index in [2.05, 4.69) is 5.32 Å². The Morgan fingerprint density at radius 1 is 1.03 bits per heavy atom. The van der Waals surface area contributed by atoms with E-state index in [1.165, 1.54) is 4.31 Å². The fourth-order valence-electron chi connectivity index (χ4n) is 4.20. The molecule has 3 rings (SSSR count). The summed E-state index contributed by atoms with van der Waals surface area (Å²) < 4.78 is 37.6. The van der Waals surface area contributed by atoms with Gasteiger partial charge in [0.1, 0.15) is 19.3 Å². The van der Waals surface area contributed by atoms with Crippen molar-refractivity contribution in [2.75, 3.05) is 36.9 Å². The second kappa shape index (κ2) is 13.0. The van der Waals surface area contributed by atoms with Crippen molar-refractivity contribution >= 4 is 27.5 Å². The van der Waals surface area contributed by atoms with Gasteiger partial charge in [0.15, 0.2) is 11.5 Å². The number of benzene rings is 2. The first-order valence-electron chi connectivity index (χ1n) is 13.0.